The van der Waals surface area contributed by atoms with Gasteiger partial charge in [0.2, 0.25) is 0 Å². The Morgan fingerprint density at radius 1 is 1.39 bits per heavy atom. The van der Waals surface area contributed by atoms with E-state index in [2.05, 4.69) is 31.2 Å². The van der Waals surface area contributed by atoms with E-state index in [1.54, 1.807) is 12.3 Å². The van der Waals surface area contributed by atoms with Gasteiger partial charge in [-0.15, -0.1) is 11.8 Å². The Hall–Kier alpha value is -0.930. The van der Waals surface area contributed by atoms with Gasteiger partial charge in [0.05, 0.1) is 12.4 Å². The van der Waals surface area contributed by atoms with E-state index in [1.807, 2.05) is 17.8 Å². The lowest BCUT2D eigenvalue weighted by atomic mass is 10.00. The number of aliphatic hydroxyl groups excluding tert-OH is 1. The van der Waals surface area contributed by atoms with Gasteiger partial charge in [-0.05, 0) is 30.5 Å². The summed E-state index contributed by atoms with van der Waals surface area (Å²) in [6, 6.07) is 10.5. The maximum atomic E-state index is 9.53. The molecule has 18 heavy (non-hydrogen) atoms. The quantitative estimate of drug-likeness (QED) is 0.826. The smallest absolute Gasteiger partial charge is 0.101 e. The highest BCUT2D eigenvalue weighted by Crippen LogP contribution is 2.25. The van der Waals surface area contributed by atoms with Crippen LogP contribution < -0.4 is 0 Å². The summed E-state index contributed by atoms with van der Waals surface area (Å²) in [7, 11) is 0. The second-order valence-electron chi connectivity index (χ2n) is 4.85. The second-order valence-corrected chi connectivity index (χ2v) is 5.95. The van der Waals surface area contributed by atoms with Crippen LogP contribution in [0.15, 0.2) is 47.6 Å². The summed E-state index contributed by atoms with van der Waals surface area (Å²) >= 11 is 1.88. The van der Waals surface area contributed by atoms with Crippen molar-refractivity contribution in [2.45, 2.75) is 36.9 Å². The van der Waals surface area contributed by atoms with Crippen LogP contribution in [-0.2, 0) is 4.74 Å². The molecule has 0 radical (unpaired) electrons. The standard InChI is InChI=1S/C15H20O2S/c1-12(9-14-10-13(16)7-8-17-14)11-18-15-5-3-2-4-6-15/h2-8,12-14,16H,9-11H2,1H3/t12-,13-,14-/m1/s1. The van der Waals surface area contributed by atoms with Crippen molar-refractivity contribution in [1.29, 1.82) is 0 Å². The molecule has 0 saturated carbocycles. The zero-order chi connectivity index (χ0) is 12.8. The van der Waals surface area contributed by atoms with Crippen LogP contribution in [-0.4, -0.2) is 23.1 Å². The molecule has 3 heteroatoms. The fourth-order valence-electron chi connectivity index (χ4n) is 2.07. The zero-order valence-electron chi connectivity index (χ0n) is 10.7. The number of rotatable bonds is 5. The molecule has 1 aliphatic heterocycles. The topological polar surface area (TPSA) is 29.5 Å². The van der Waals surface area contributed by atoms with Gasteiger partial charge in [-0.2, -0.15) is 0 Å². The van der Waals surface area contributed by atoms with Gasteiger partial charge in [0.1, 0.15) is 6.10 Å². The van der Waals surface area contributed by atoms with Crippen LogP contribution in [0.3, 0.4) is 0 Å². The number of aliphatic hydroxyl groups is 1. The molecule has 3 atom stereocenters. The molecular formula is C15H20O2S. The maximum Gasteiger partial charge on any atom is 0.101 e. The lowest BCUT2D eigenvalue weighted by molar-refractivity contribution is 0.0519. The summed E-state index contributed by atoms with van der Waals surface area (Å²) < 4.78 is 5.52. The summed E-state index contributed by atoms with van der Waals surface area (Å²) in [5, 5.41) is 9.53. The van der Waals surface area contributed by atoms with Gasteiger partial charge < -0.3 is 9.84 Å². The Kier molecular flexibility index (Phi) is 5.14. The summed E-state index contributed by atoms with van der Waals surface area (Å²) in [6.45, 7) is 2.24. The Bertz CT molecular complexity index is 377. The van der Waals surface area contributed by atoms with Gasteiger partial charge >= 0.3 is 0 Å². The van der Waals surface area contributed by atoms with Crippen LogP contribution >= 0.6 is 11.8 Å². The number of ether oxygens (including phenoxy) is 1. The first kappa shape index (κ1) is 13.5. The van der Waals surface area contributed by atoms with Gasteiger partial charge in [0.25, 0.3) is 0 Å². The van der Waals surface area contributed by atoms with Crippen molar-refractivity contribution in [1.82, 2.24) is 0 Å². The highest BCUT2D eigenvalue weighted by atomic mass is 32.2. The summed E-state index contributed by atoms with van der Waals surface area (Å²) in [6.07, 6.45) is 4.89. The monoisotopic (exact) mass is 264 g/mol. The minimum absolute atomic E-state index is 0.163. The van der Waals surface area contributed by atoms with Gasteiger partial charge in [0.15, 0.2) is 0 Å². The van der Waals surface area contributed by atoms with Gasteiger partial charge in [-0.3, -0.25) is 0 Å². The predicted molar refractivity (Wildman–Crippen MR) is 75.6 cm³/mol. The maximum absolute atomic E-state index is 9.53. The average molecular weight is 264 g/mol. The molecule has 2 rings (SSSR count). The van der Waals surface area contributed by atoms with Crippen molar-refractivity contribution in [3.63, 3.8) is 0 Å². The molecule has 1 heterocycles. The third-order valence-corrected chi connectivity index (χ3v) is 4.36. The molecule has 1 N–H and O–H groups in total. The summed E-state index contributed by atoms with van der Waals surface area (Å²) in [4.78, 5) is 1.31. The predicted octanol–water partition coefficient (Wildman–Crippen LogP) is 3.47. The molecule has 0 bridgehead atoms. The summed E-state index contributed by atoms with van der Waals surface area (Å²) in [5.41, 5.74) is 0. The van der Waals surface area contributed by atoms with Crippen molar-refractivity contribution in [2.24, 2.45) is 5.92 Å². The van der Waals surface area contributed by atoms with Crippen LogP contribution in [0.5, 0.6) is 0 Å². The molecule has 0 aliphatic carbocycles. The largest absolute Gasteiger partial charge is 0.498 e. The van der Waals surface area contributed by atoms with E-state index < -0.39 is 0 Å². The molecule has 0 amide bonds. The molecule has 0 aromatic heterocycles. The van der Waals surface area contributed by atoms with Gasteiger partial charge in [-0.25, -0.2) is 0 Å². The first-order chi connectivity index (χ1) is 8.74. The number of benzene rings is 1. The fourth-order valence-corrected chi connectivity index (χ4v) is 3.04. The Labute approximate surface area is 113 Å². The molecule has 1 aromatic rings. The lowest BCUT2D eigenvalue weighted by Gasteiger charge is -2.25. The van der Waals surface area contributed by atoms with Crippen LogP contribution in [0.2, 0.25) is 0 Å². The normalized spacial score (nSPS) is 24.6. The Balaban J connectivity index is 1.72. The molecule has 2 nitrogen and oxygen atoms in total. The minimum atomic E-state index is -0.335. The third-order valence-electron chi connectivity index (χ3n) is 3.02. The molecular weight excluding hydrogens is 244 g/mol. The zero-order valence-corrected chi connectivity index (χ0v) is 11.5. The van der Waals surface area contributed by atoms with Gasteiger partial charge in [-0.1, -0.05) is 25.1 Å². The first-order valence-corrected chi connectivity index (χ1v) is 7.40. The fraction of sp³-hybridized carbons (Fsp3) is 0.467. The van der Waals surface area contributed by atoms with Crippen molar-refractivity contribution in [2.75, 3.05) is 5.75 Å². The van der Waals surface area contributed by atoms with E-state index in [-0.39, 0.29) is 12.2 Å². The van der Waals surface area contributed by atoms with E-state index in [9.17, 15) is 5.11 Å². The molecule has 98 valence electrons. The second kappa shape index (κ2) is 6.86. The third kappa shape index (κ3) is 4.39. The molecule has 1 aromatic carbocycles. The SMILES string of the molecule is C[C@@H](CSc1ccccc1)C[C@@H]1C[C@H](O)C=CO1. The molecule has 0 spiro atoms. The highest BCUT2D eigenvalue weighted by molar-refractivity contribution is 7.99. The van der Waals surface area contributed by atoms with Crippen molar-refractivity contribution >= 4 is 11.8 Å². The van der Waals surface area contributed by atoms with E-state index in [1.165, 1.54) is 4.90 Å². The van der Waals surface area contributed by atoms with Gasteiger partial charge in [0, 0.05) is 17.1 Å². The minimum Gasteiger partial charge on any atom is -0.498 e. The van der Waals surface area contributed by atoms with Crippen molar-refractivity contribution < 1.29 is 9.84 Å². The molecule has 0 saturated heterocycles. The average Bonchev–Trinajstić information content (AvgIpc) is 2.38. The van der Waals surface area contributed by atoms with Crippen LogP contribution in [0.4, 0.5) is 0 Å². The number of hydrogen-bond acceptors (Lipinski definition) is 3. The van der Waals surface area contributed by atoms with Crippen molar-refractivity contribution in [3.8, 4) is 0 Å². The number of hydrogen-bond donors (Lipinski definition) is 1. The lowest BCUT2D eigenvalue weighted by Crippen LogP contribution is -2.24. The highest BCUT2D eigenvalue weighted by Gasteiger charge is 2.19. The van der Waals surface area contributed by atoms with Crippen LogP contribution in [0.25, 0.3) is 0 Å². The van der Waals surface area contributed by atoms with E-state index in [4.69, 9.17) is 4.74 Å². The Morgan fingerprint density at radius 2 is 2.17 bits per heavy atom. The summed E-state index contributed by atoms with van der Waals surface area (Å²) in [5.74, 6) is 1.67. The molecule has 0 fully saturated rings. The van der Waals surface area contributed by atoms with Crippen LogP contribution in [0.1, 0.15) is 19.8 Å². The molecule has 0 unspecified atom stereocenters. The van der Waals surface area contributed by atoms with Crippen LogP contribution in [0, 0.1) is 5.92 Å². The first-order valence-electron chi connectivity index (χ1n) is 6.42. The van der Waals surface area contributed by atoms with E-state index >= 15 is 0 Å². The molecule has 1 aliphatic rings. The van der Waals surface area contributed by atoms with E-state index in [0.717, 1.165) is 18.6 Å². The van der Waals surface area contributed by atoms with Crippen molar-refractivity contribution in [3.05, 3.63) is 42.7 Å². The number of thioether (sulfide) groups is 1. The Morgan fingerprint density at radius 3 is 2.89 bits per heavy atom. The van der Waals surface area contributed by atoms with E-state index in [0.29, 0.717) is 5.92 Å².